The van der Waals surface area contributed by atoms with Crippen molar-refractivity contribution in [2.45, 2.75) is 26.3 Å². The summed E-state index contributed by atoms with van der Waals surface area (Å²) < 4.78 is 4.17. The molecule has 0 aliphatic rings. The van der Waals surface area contributed by atoms with E-state index < -0.39 is 18.5 Å². The number of nitrogens with zero attached hydrogens (tertiary/aromatic N) is 1. The van der Waals surface area contributed by atoms with Crippen LogP contribution >= 0.6 is 9.19 Å². The van der Waals surface area contributed by atoms with Gasteiger partial charge < -0.3 is 14.9 Å². The molecule has 0 aromatic rings. The molecule has 0 aromatic carbocycles. The predicted octanol–water partition coefficient (Wildman–Crippen LogP) is 3.11. The molecule has 0 aliphatic carbocycles. The second-order valence-electron chi connectivity index (χ2n) is 2.35. The van der Waals surface area contributed by atoms with Crippen LogP contribution in [0.1, 0.15) is 20.8 Å². The summed E-state index contributed by atoms with van der Waals surface area (Å²) in [6.07, 6.45) is 0. The summed E-state index contributed by atoms with van der Waals surface area (Å²) in [4.78, 5) is 0. The first-order valence-corrected chi connectivity index (χ1v) is 5.91. The molecule has 58 valence electrons. The molecule has 0 saturated carbocycles. The van der Waals surface area contributed by atoms with Gasteiger partial charge in [0, 0.05) is 0 Å². The first kappa shape index (κ1) is 16.4. The van der Waals surface area contributed by atoms with Gasteiger partial charge >= 0.3 is 57.3 Å². The SMILES string of the molecule is CC(C)(C)[N]=[Nb][Cl].[CH3-].[CH3-]. The van der Waals surface area contributed by atoms with Crippen LogP contribution in [0.4, 0.5) is 0 Å². The van der Waals surface area contributed by atoms with Crippen molar-refractivity contribution in [2.75, 3.05) is 0 Å². The third kappa shape index (κ3) is 17.7. The molecule has 0 saturated heterocycles. The molecule has 0 spiro atoms. The van der Waals surface area contributed by atoms with E-state index >= 15 is 0 Å². The van der Waals surface area contributed by atoms with Crippen LogP contribution in [-0.2, 0) is 18.5 Å². The van der Waals surface area contributed by atoms with Crippen LogP contribution < -0.4 is 0 Å². The third-order valence-electron chi connectivity index (χ3n) is 0.338. The van der Waals surface area contributed by atoms with Crippen molar-refractivity contribution >= 4 is 9.19 Å². The first-order chi connectivity index (χ1) is 3.06. The Bertz CT molecular complexity index is 75.6. The van der Waals surface area contributed by atoms with Crippen molar-refractivity contribution in [2.24, 2.45) is 3.34 Å². The molecule has 0 unspecified atom stereocenters. The Kier molecular flexibility index (Phi) is 12.7. The van der Waals surface area contributed by atoms with E-state index in [0.29, 0.717) is 0 Å². The number of halogens is 1. The largest absolute Gasteiger partial charge is 0.358 e. The van der Waals surface area contributed by atoms with Crippen LogP contribution in [0.25, 0.3) is 0 Å². The van der Waals surface area contributed by atoms with E-state index in [0.717, 1.165) is 0 Å². The summed E-state index contributed by atoms with van der Waals surface area (Å²) in [5.74, 6) is 0. The topological polar surface area (TPSA) is 12.4 Å². The standard InChI is InChI=1S/C4H9N.2CH3.ClH.Nb/c1-4(2,3)5;;;;/h1-3H3;2*1H3;1H;/q;2*-1;;+1/p-1. The van der Waals surface area contributed by atoms with Crippen LogP contribution in [0.2, 0.25) is 0 Å². The average Bonchev–Trinajstić information content (AvgIpc) is 1.30. The Morgan fingerprint density at radius 2 is 1.56 bits per heavy atom. The summed E-state index contributed by atoms with van der Waals surface area (Å²) in [6.45, 7) is 6.18. The van der Waals surface area contributed by atoms with Gasteiger partial charge in [-0.1, -0.05) is 0 Å². The average molecular weight is 230 g/mol. The van der Waals surface area contributed by atoms with Gasteiger partial charge in [0.25, 0.3) is 0 Å². The maximum absolute atomic E-state index is 5.47. The molecule has 0 radical (unpaired) electrons. The summed E-state index contributed by atoms with van der Waals surface area (Å²) in [7, 11) is 5.47. The number of rotatable bonds is 0. The smallest absolute Gasteiger partial charge is 0.358 e. The van der Waals surface area contributed by atoms with Gasteiger partial charge in [0.1, 0.15) is 0 Å². The van der Waals surface area contributed by atoms with E-state index in [-0.39, 0.29) is 20.4 Å². The Hall–Kier alpha value is 0.830. The minimum Gasteiger partial charge on any atom is -0.358 e. The normalized spacial score (nSPS) is 10.2. The molecule has 0 fully saturated rings. The van der Waals surface area contributed by atoms with Crippen LogP contribution in [0.3, 0.4) is 0 Å². The molecule has 0 bridgehead atoms. The Balaban J connectivity index is -0.000000180. The van der Waals surface area contributed by atoms with Crippen molar-refractivity contribution in [3.8, 4) is 0 Å². The maximum atomic E-state index is 5.47. The zero-order chi connectivity index (χ0) is 5.91. The Labute approximate surface area is 72.2 Å². The van der Waals surface area contributed by atoms with Gasteiger partial charge in [-0.25, -0.2) is 0 Å². The molecule has 9 heavy (non-hydrogen) atoms. The Morgan fingerprint density at radius 3 is 1.56 bits per heavy atom. The quantitative estimate of drug-likeness (QED) is 0.447. The fourth-order valence-electron chi connectivity index (χ4n) is 0.113. The molecule has 0 rings (SSSR count). The zero-order valence-corrected chi connectivity index (χ0v) is 9.73. The maximum Gasteiger partial charge on any atom is -0.358 e. The molecule has 3 heteroatoms. The second-order valence-corrected chi connectivity index (χ2v) is 4.10. The fourth-order valence-corrected chi connectivity index (χ4v) is 2.01. The minimum absolute atomic E-state index is 0. The summed E-state index contributed by atoms with van der Waals surface area (Å²) in [6, 6.07) is 0. The molecular weight excluding hydrogens is 214 g/mol. The molecule has 0 atom stereocenters. The van der Waals surface area contributed by atoms with Gasteiger partial charge in [-0.3, -0.25) is 0 Å². The molecule has 1 nitrogen and oxygen atoms in total. The summed E-state index contributed by atoms with van der Waals surface area (Å²) in [5, 5.41) is 0. The molecule has 0 heterocycles. The second kappa shape index (κ2) is 6.94. The van der Waals surface area contributed by atoms with E-state index in [4.69, 9.17) is 9.19 Å². The van der Waals surface area contributed by atoms with Crippen LogP contribution in [-0.4, -0.2) is 5.54 Å². The minimum atomic E-state index is -0.673. The van der Waals surface area contributed by atoms with E-state index in [2.05, 4.69) is 24.1 Å². The van der Waals surface area contributed by atoms with Gasteiger partial charge in [0.2, 0.25) is 0 Å². The van der Waals surface area contributed by atoms with Gasteiger partial charge in [-0.15, -0.1) is 0 Å². The molecule has 0 aliphatic heterocycles. The van der Waals surface area contributed by atoms with Crippen molar-refractivity contribution in [1.29, 1.82) is 0 Å². The van der Waals surface area contributed by atoms with E-state index in [1.807, 2.05) is 0 Å². The first-order valence-electron chi connectivity index (χ1n) is 2.09. The molecule has 0 amide bonds. The van der Waals surface area contributed by atoms with Gasteiger partial charge in [0.15, 0.2) is 0 Å². The third-order valence-corrected chi connectivity index (χ3v) is 2.45. The van der Waals surface area contributed by atoms with Gasteiger partial charge in [-0.2, -0.15) is 0 Å². The summed E-state index contributed by atoms with van der Waals surface area (Å²) in [5.41, 5.74) is 0.110. The van der Waals surface area contributed by atoms with E-state index in [1.54, 1.807) is 0 Å². The van der Waals surface area contributed by atoms with Crippen molar-refractivity contribution < 1.29 is 18.5 Å². The molecule has 0 aromatic heterocycles. The molecule has 0 N–H and O–H groups in total. The summed E-state index contributed by atoms with van der Waals surface area (Å²) >= 11 is -0.673. The number of hydrogen-bond acceptors (Lipinski definition) is 1. The monoisotopic (exact) mass is 229 g/mol. The van der Waals surface area contributed by atoms with Gasteiger partial charge in [-0.05, 0) is 0 Å². The van der Waals surface area contributed by atoms with E-state index in [1.165, 1.54) is 0 Å². The van der Waals surface area contributed by atoms with Crippen molar-refractivity contribution in [3.63, 3.8) is 0 Å². The van der Waals surface area contributed by atoms with Gasteiger partial charge in [0.05, 0.1) is 0 Å². The van der Waals surface area contributed by atoms with Crippen LogP contribution in [0.15, 0.2) is 3.34 Å². The van der Waals surface area contributed by atoms with Crippen molar-refractivity contribution in [3.05, 3.63) is 14.9 Å². The fraction of sp³-hybridized carbons (Fsp3) is 0.667. The number of hydrogen-bond donors (Lipinski definition) is 0. The zero-order valence-electron chi connectivity index (χ0n) is 6.77. The van der Waals surface area contributed by atoms with Crippen molar-refractivity contribution in [1.82, 2.24) is 0 Å². The van der Waals surface area contributed by atoms with E-state index in [9.17, 15) is 0 Å². The van der Waals surface area contributed by atoms with Crippen LogP contribution in [0.5, 0.6) is 0 Å². The molecular formula is C6H15ClNNb-2. The predicted molar refractivity (Wildman–Crippen MR) is 40.9 cm³/mol. The van der Waals surface area contributed by atoms with Crippen LogP contribution in [0, 0.1) is 14.9 Å². The Morgan fingerprint density at radius 1 is 1.22 bits per heavy atom.